The van der Waals surface area contributed by atoms with Crippen LogP contribution in [-0.4, -0.2) is 32.8 Å². The fraction of sp³-hybridized carbons (Fsp3) is 0.286. The number of nitrogens with one attached hydrogen (secondary N) is 2. The lowest BCUT2D eigenvalue weighted by Gasteiger charge is -2.15. The molecule has 0 aromatic heterocycles. The van der Waals surface area contributed by atoms with Crippen molar-refractivity contribution < 1.29 is 14.2 Å². The van der Waals surface area contributed by atoms with E-state index in [1.807, 2.05) is 42.5 Å². The lowest BCUT2D eigenvalue weighted by Crippen LogP contribution is -2.30. The molecule has 0 bridgehead atoms. The molecule has 28 heavy (non-hydrogen) atoms. The first-order valence-electron chi connectivity index (χ1n) is 8.99. The van der Waals surface area contributed by atoms with Crippen LogP contribution in [-0.2, 0) is 6.54 Å². The van der Waals surface area contributed by atoms with Crippen LogP contribution in [0.5, 0.6) is 17.2 Å². The van der Waals surface area contributed by atoms with Crippen LogP contribution in [0.3, 0.4) is 0 Å². The fourth-order valence-corrected chi connectivity index (χ4v) is 2.68. The van der Waals surface area contributed by atoms with Gasteiger partial charge < -0.3 is 24.8 Å². The lowest BCUT2D eigenvalue weighted by molar-refractivity contribution is 0.297. The van der Waals surface area contributed by atoms with Crippen molar-refractivity contribution in [2.24, 2.45) is 4.99 Å². The summed E-state index contributed by atoms with van der Waals surface area (Å²) in [5, 5.41) is 6.58. The zero-order valence-corrected chi connectivity index (χ0v) is 18.3. The number of fused-ring (bicyclic) bond motifs is 1. The Kier molecular flexibility index (Phi) is 8.93. The van der Waals surface area contributed by atoms with Gasteiger partial charge in [-0.3, -0.25) is 4.99 Å². The van der Waals surface area contributed by atoms with Crippen LogP contribution in [0.4, 0.5) is 5.69 Å². The Hall–Kier alpha value is -2.42. The first-order chi connectivity index (χ1) is 13.3. The molecule has 0 atom stereocenters. The minimum atomic E-state index is 0. The molecule has 1 aliphatic rings. The highest BCUT2D eigenvalue weighted by atomic mass is 127. The summed E-state index contributed by atoms with van der Waals surface area (Å²) in [5.74, 6) is 3.00. The van der Waals surface area contributed by atoms with Gasteiger partial charge in [0.1, 0.15) is 12.4 Å². The van der Waals surface area contributed by atoms with Crippen molar-refractivity contribution in [1.29, 1.82) is 0 Å². The molecule has 2 aromatic rings. The van der Waals surface area contributed by atoms with E-state index in [0.717, 1.165) is 34.9 Å². The molecule has 2 aromatic carbocycles. The number of anilines is 1. The summed E-state index contributed by atoms with van der Waals surface area (Å²) in [6.45, 7) is 6.08. The maximum atomic E-state index is 5.74. The van der Waals surface area contributed by atoms with Gasteiger partial charge in [0.15, 0.2) is 17.5 Å². The van der Waals surface area contributed by atoms with Crippen molar-refractivity contribution in [2.75, 3.05) is 32.2 Å². The van der Waals surface area contributed by atoms with Crippen molar-refractivity contribution in [2.45, 2.75) is 13.0 Å². The van der Waals surface area contributed by atoms with Crippen molar-refractivity contribution in [3.63, 3.8) is 0 Å². The van der Waals surface area contributed by atoms with Crippen molar-refractivity contribution in [3.05, 3.63) is 60.7 Å². The van der Waals surface area contributed by atoms with E-state index >= 15 is 0 Å². The highest BCUT2D eigenvalue weighted by molar-refractivity contribution is 14.0. The van der Waals surface area contributed by atoms with E-state index in [2.05, 4.69) is 22.2 Å². The van der Waals surface area contributed by atoms with Crippen LogP contribution in [0.2, 0.25) is 0 Å². The summed E-state index contributed by atoms with van der Waals surface area (Å²) in [7, 11) is 1.73. The van der Waals surface area contributed by atoms with Crippen LogP contribution in [0.15, 0.2) is 60.1 Å². The maximum absolute atomic E-state index is 5.74. The molecule has 7 heteroatoms. The number of guanidine groups is 1. The van der Waals surface area contributed by atoms with Gasteiger partial charge in [-0.1, -0.05) is 30.9 Å². The van der Waals surface area contributed by atoms with Gasteiger partial charge in [0.05, 0.1) is 13.2 Å². The average Bonchev–Trinajstić information content (AvgIpc) is 2.95. The molecule has 0 fully saturated rings. The van der Waals surface area contributed by atoms with Gasteiger partial charge in [-0.15, -0.1) is 24.0 Å². The number of para-hydroxylation sites is 1. The van der Waals surface area contributed by atoms with Crippen LogP contribution in [0.1, 0.15) is 12.0 Å². The molecule has 150 valence electrons. The summed E-state index contributed by atoms with van der Waals surface area (Å²) in [6, 6.07) is 13.7. The van der Waals surface area contributed by atoms with E-state index in [1.165, 1.54) is 0 Å². The quantitative estimate of drug-likeness (QED) is 0.272. The molecule has 0 spiro atoms. The Morgan fingerprint density at radius 1 is 1.18 bits per heavy atom. The van der Waals surface area contributed by atoms with Crippen molar-refractivity contribution in [3.8, 4) is 17.2 Å². The maximum Gasteiger partial charge on any atom is 0.195 e. The molecule has 0 amide bonds. The summed E-state index contributed by atoms with van der Waals surface area (Å²) in [5.41, 5.74) is 1.92. The van der Waals surface area contributed by atoms with E-state index in [1.54, 1.807) is 13.1 Å². The van der Waals surface area contributed by atoms with Gasteiger partial charge in [-0.25, -0.2) is 0 Å². The molecule has 0 aliphatic carbocycles. The molecule has 1 aliphatic heterocycles. The Morgan fingerprint density at radius 3 is 2.75 bits per heavy atom. The van der Waals surface area contributed by atoms with Gasteiger partial charge >= 0.3 is 0 Å². The number of nitrogens with zero attached hydrogens (tertiary/aromatic N) is 1. The topological polar surface area (TPSA) is 64.1 Å². The van der Waals surface area contributed by atoms with Gasteiger partial charge in [0, 0.05) is 37.3 Å². The van der Waals surface area contributed by atoms with Crippen molar-refractivity contribution in [1.82, 2.24) is 5.32 Å². The molecule has 1 heterocycles. The number of benzene rings is 2. The predicted molar refractivity (Wildman–Crippen MR) is 123 cm³/mol. The smallest absolute Gasteiger partial charge is 0.195 e. The van der Waals surface area contributed by atoms with Gasteiger partial charge in [0.25, 0.3) is 0 Å². The number of aliphatic imine (C=N–C) groups is 1. The third-order valence-electron chi connectivity index (χ3n) is 4.01. The molecular weight excluding hydrogens is 469 g/mol. The number of halogens is 1. The molecule has 2 N–H and O–H groups in total. The Morgan fingerprint density at radius 2 is 1.96 bits per heavy atom. The largest absolute Gasteiger partial charge is 0.490 e. The van der Waals surface area contributed by atoms with Crippen LogP contribution >= 0.6 is 24.0 Å². The Bertz CT molecular complexity index is 811. The highest BCUT2D eigenvalue weighted by Crippen LogP contribution is 2.32. The number of rotatable bonds is 6. The number of ether oxygens (including phenoxy) is 3. The van der Waals surface area contributed by atoms with E-state index in [4.69, 9.17) is 14.2 Å². The molecule has 0 saturated heterocycles. The molecule has 0 saturated carbocycles. The normalized spacial score (nSPS) is 13.0. The van der Waals surface area contributed by atoms with Crippen LogP contribution in [0, 0.1) is 0 Å². The number of hydrogen-bond acceptors (Lipinski definition) is 4. The predicted octanol–water partition coefficient (Wildman–Crippen LogP) is 4.22. The zero-order valence-electron chi connectivity index (χ0n) is 15.9. The Labute approximate surface area is 183 Å². The molecule has 3 rings (SSSR count). The van der Waals surface area contributed by atoms with Crippen LogP contribution < -0.4 is 24.8 Å². The van der Waals surface area contributed by atoms with Gasteiger partial charge in [-0.2, -0.15) is 0 Å². The second kappa shape index (κ2) is 11.4. The minimum absolute atomic E-state index is 0. The van der Waals surface area contributed by atoms with E-state index in [9.17, 15) is 0 Å². The van der Waals surface area contributed by atoms with E-state index < -0.39 is 0 Å². The first kappa shape index (κ1) is 21.9. The molecule has 0 unspecified atom stereocenters. The standard InChI is InChI=1S/C21H25N3O3.HI/c1-3-11-25-18-8-5-4-7-16(18)15-23-21(22-2)24-17-9-10-19-20(14-17)27-13-6-12-26-19;/h3-5,7-10,14H,1,6,11-13,15H2,2H3,(H2,22,23,24);1H. The second-order valence-corrected chi connectivity index (χ2v) is 5.97. The van der Waals surface area contributed by atoms with Crippen molar-refractivity contribution >= 4 is 35.6 Å². The fourth-order valence-electron chi connectivity index (χ4n) is 2.68. The monoisotopic (exact) mass is 495 g/mol. The van der Waals surface area contributed by atoms with Gasteiger partial charge in [0.2, 0.25) is 0 Å². The van der Waals surface area contributed by atoms with E-state index in [0.29, 0.717) is 32.3 Å². The van der Waals surface area contributed by atoms with Gasteiger partial charge in [-0.05, 0) is 18.2 Å². The molecule has 0 radical (unpaired) electrons. The lowest BCUT2D eigenvalue weighted by atomic mass is 10.2. The summed E-state index contributed by atoms with van der Waals surface area (Å²) in [6.07, 6.45) is 2.61. The third kappa shape index (κ3) is 6.05. The zero-order chi connectivity index (χ0) is 18.9. The summed E-state index contributed by atoms with van der Waals surface area (Å²) < 4.78 is 17.1. The highest BCUT2D eigenvalue weighted by Gasteiger charge is 2.11. The van der Waals surface area contributed by atoms with E-state index in [-0.39, 0.29) is 24.0 Å². The minimum Gasteiger partial charge on any atom is -0.490 e. The third-order valence-corrected chi connectivity index (χ3v) is 4.01. The van der Waals surface area contributed by atoms with Crippen LogP contribution in [0.25, 0.3) is 0 Å². The SMILES string of the molecule is C=CCOc1ccccc1CNC(=NC)Nc1ccc2c(c1)OCCCO2.I. The first-order valence-corrected chi connectivity index (χ1v) is 8.99. The molecular formula is C21H26IN3O3. The molecule has 6 nitrogen and oxygen atoms in total. The summed E-state index contributed by atoms with van der Waals surface area (Å²) >= 11 is 0. The number of hydrogen-bond donors (Lipinski definition) is 2. The summed E-state index contributed by atoms with van der Waals surface area (Å²) in [4.78, 5) is 4.29. The Balaban J connectivity index is 0.00000280. The second-order valence-electron chi connectivity index (χ2n) is 5.97. The average molecular weight is 495 g/mol.